The van der Waals surface area contributed by atoms with Crippen LogP contribution in [0.5, 0.6) is 0 Å². The number of aryl methyl sites for hydroxylation is 1. The van der Waals surface area contributed by atoms with Crippen LogP contribution in [-0.2, 0) is 5.54 Å². The molecule has 1 amide bonds. The molecule has 3 nitrogen and oxygen atoms in total. The number of fused-ring (bicyclic) bond motifs is 2. The van der Waals surface area contributed by atoms with Crippen LogP contribution in [0, 0.1) is 6.92 Å². The fraction of sp³-hybridized carbons (Fsp3) is 0.462. The average Bonchev–Trinajstić information content (AvgIpc) is 2.55. The Kier molecular flexibility index (Phi) is 2.04. The van der Waals surface area contributed by atoms with Gasteiger partial charge in [-0.2, -0.15) is 0 Å². The molecular formula is C13H16N2O. The summed E-state index contributed by atoms with van der Waals surface area (Å²) in [6, 6.07) is 6.01. The number of hydrogen-bond acceptors (Lipinski definition) is 2. The lowest BCUT2D eigenvalue weighted by Gasteiger charge is -2.35. The Bertz CT molecular complexity index is 447. The van der Waals surface area contributed by atoms with E-state index in [0.717, 1.165) is 31.5 Å². The van der Waals surface area contributed by atoms with Crippen LogP contribution in [0.15, 0.2) is 18.2 Å². The lowest BCUT2D eigenvalue weighted by atomic mass is 9.80. The van der Waals surface area contributed by atoms with Crippen molar-refractivity contribution < 1.29 is 4.79 Å². The van der Waals surface area contributed by atoms with Gasteiger partial charge < -0.3 is 10.6 Å². The molecule has 1 aromatic carbocycles. The quantitative estimate of drug-likeness (QED) is 0.686. The molecule has 3 heteroatoms. The van der Waals surface area contributed by atoms with Gasteiger partial charge in [0.25, 0.3) is 5.91 Å². The van der Waals surface area contributed by atoms with Crippen molar-refractivity contribution in [2.45, 2.75) is 25.3 Å². The Morgan fingerprint density at radius 3 is 2.75 bits per heavy atom. The number of rotatable bonds is 0. The smallest absolute Gasteiger partial charge is 0.252 e. The normalized spacial score (nSPS) is 21.9. The SMILES string of the molecule is Cc1cccc2c1C1(CCNCC1)NC2=O. The number of amides is 1. The second kappa shape index (κ2) is 3.32. The van der Waals surface area contributed by atoms with E-state index < -0.39 is 0 Å². The molecule has 84 valence electrons. The van der Waals surface area contributed by atoms with Crippen molar-refractivity contribution in [2.75, 3.05) is 13.1 Å². The third-order valence-corrected chi connectivity index (χ3v) is 3.81. The number of piperidine rings is 1. The minimum Gasteiger partial charge on any atom is -0.342 e. The van der Waals surface area contributed by atoms with Crippen LogP contribution < -0.4 is 10.6 Å². The van der Waals surface area contributed by atoms with E-state index in [0.29, 0.717) is 0 Å². The van der Waals surface area contributed by atoms with Crippen LogP contribution in [0.25, 0.3) is 0 Å². The predicted octanol–water partition coefficient (Wildman–Crippen LogP) is 1.32. The van der Waals surface area contributed by atoms with Crippen molar-refractivity contribution in [3.05, 3.63) is 34.9 Å². The van der Waals surface area contributed by atoms with E-state index in [1.165, 1.54) is 11.1 Å². The molecule has 2 N–H and O–H groups in total. The van der Waals surface area contributed by atoms with Gasteiger partial charge in [-0.25, -0.2) is 0 Å². The third-order valence-electron chi connectivity index (χ3n) is 3.81. The van der Waals surface area contributed by atoms with Crippen LogP contribution >= 0.6 is 0 Å². The van der Waals surface area contributed by atoms with Gasteiger partial charge in [-0.1, -0.05) is 12.1 Å². The molecule has 1 aromatic rings. The van der Waals surface area contributed by atoms with Crippen molar-refractivity contribution >= 4 is 5.91 Å². The summed E-state index contributed by atoms with van der Waals surface area (Å²) in [7, 11) is 0. The Morgan fingerprint density at radius 2 is 2.00 bits per heavy atom. The fourth-order valence-corrected chi connectivity index (χ4v) is 3.07. The molecule has 16 heavy (non-hydrogen) atoms. The van der Waals surface area contributed by atoms with Crippen LogP contribution in [0.2, 0.25) is 0 Å². The van der Waals surface area contributed by atoms with Crippen LogP contribution in [0.1, 0.15) is 34.3 Å². The molecular weight excluding hydrogens is 200 g/mol. The summed E-state index contributed by atoms with van der Waals surface area (Å²) >= 11 is 0. The van der Waals surface area contributed by atoms with Gasteiger partial charge in [0.15, 0.2) is 0 Å². The zero-order chi connectivity index (χ0) is 11.2. The van der Waals surface area contributed by atoms with E-state index in [-0.39, 0.29) is 11.4 Å². The maximum atomic E-state index is 12.0. The van der Waals surface area contributed by atoms with Gasteiger partial charge in [0.1, 0.15) is 0 Å². The van der Waals surface area contributed by atoms with Crippen molar-refractivity contribution in [1.82, 2.24) is 10.6 Å². The summed E-state index contributed by atoms with van der Waals surface area (Å²) in [6.45, 7) is 4.06. The highest BCUT2D eigenvalue weighted by Gasteiger charge is 2.44. The lowest BCUT2D eigenvalue weighted by molar-refractivity contribution is 0.0913. The van der Waals surface area contributed by atoms with E-state index in [2.05, 4.69) is 23.6 Å². The van der Waals surface area contributed by atoms with Crippen molar-refractivity contribution in [1.29, 1.82) is 0 Å². The van der Waals surface area contributed by atoms with E-state index in [4.69, 9.17) is 0 Å². The second-order valence-corrected chi connectivity index (χ2v) is 4.78. The topological polar surface area (TPSA) is 41.1 Å². The van der Waals surface area contributed by atoms with Gasteiger partial charge >= 0.3 is 0 Å². The molecule has 2 aliphatic rings. The zero-order valence-corrected chi connectivity index (χ0v) is 9.47. The van der Waals surface area contributed by atoms with Crippen molar-refractivity contribution in [3.63, 3.8) is 0 Å². The average molecular weight is 216 g/mol. The fourth-order valence-electron chi connectivity index (χ4n) is 3.07. The van der Waals surface area contributed by atoms with Gasteiger partial charge in [-0.3, -0.25) is 4.79 Å². The largest absolute Gasteiger partial charge is 0.342 e. The van der Waals surface area contributed by atoms with Crippen LogP contribution in [0.3, 0.4) is 0 Å². The molecule has 1 saturated heterocycles. The molecule has 3 rings (SSSR count). The monoisotopic (exact) mass is 216 g/mol. The molecule has 0 aliphatic carbocycles. The van der Waals surface area contributed by atoms with Gasteiger partial charge in [0.05, 0.1) is 5.54 Å². The molecule has 0 atom stereocenters. The van der Waals surface area contributed by atoms with E-state index >= 15 is 0 Å². The van der Waals surface area contributed by atoms with Gasteiger partial charge in [-0.05, 0) is 50.0 Å². The number of nitrogens with one attached hydrogen (secondary N) is 2. The molecule has 0 aromatic heterocycles. The Balaban J connectivity index is 2.16. The van der Waals surface area contributed by atoms with Crippen molar-refractivity contribution in [2.24, 2.45) is 0 Å². The maximum absolute atomic E-state index is 12.0. The Labute approximate surface area is 95.2 Å². The summed E-state index contributed by atoms with van der Waals surface area (Å²) in [5, 5.41) is 6.55. The highest BCUT2D eigenvalue weighted by molar-refractivity contribution is 6.00. The van der Waals surface area contributed by atoms with Crippen LogP contribution in [0.4, 0.5) is 0 Å². The molecule has 0 unspecified atom stereocenters. The van der Waals surface area contributed by atoms with E-state index in [1.807, 2.05) is 12.1 Å². The summed E-state index contributed by atoms with van der Waals surface area (Å²) in [5.74, 6) is 0.0978. The number of carbonyl (C=O) groups is 1. The first-order chi connectivity index (χ1) is 7.73. The third kappa shape index (κ3) is 1.21. The highest BCUT2D eigenvalue weighted by Crippen LogP contribution is 2.39. The molecule has 0 bridgehead atoms. The minimum atomic E-state index is -0.0942. The first-order valence-electron chi connectivity index (χ1n) is 5.86. The van der Waals surface area contributed by atoms with Gasteiger partial charge in [0.2, 0.25) is 0 Å². The number of hydrogen-bond donors (Lipinski definition) is 2. The minimum absolute atomic E-state index is 0.0942. The predicted molar refractivity (Wildman–Crippen MR) is 62.4 cm³/mol. The van der Waals surface area contributed by atoms with Gasteiger partial charge in [0, 0.05) is 5.56 Å². The lowest BCUT2D eigenvalue weighted by Crippen LogP contribution is -2.47. The van der Waals surface area contributed by atoms with E-state index in [1.54, 1.807) is 0 Å². The Hall–Kier alpha value is -1.35. The molecule has 1 fully saturated rings. The first-order valence-corrected chi connectivity index (χ1v) is 5.86. The molecule has 2 aliphatic heterocycles. The summed E-state index contributed by atoms with van der Waals surface area (Å²) < 4.78 is 0. The maximum Gasteiger partial charge on any atom is 0.252 e. The second-order valence-electron chi connectivity index (χ2n) is 4.78. The Morgan fingerprint density at radius 1 is 1.25 bits per heavy atom. The molecule has 0 saturated carbocycles. The summed E-state index contributed by atoms with van der Waals surface area (Å²) in [4.78, 5) is 12.0. The standard InChI is InChI=1S/C13H16N2O/c1-9-3-2-4-10-11(9)13(15-12(10)16)5-7-14-8-6-13/h2-4,14H,5-8H2,1H3,(H,15,16). The van der Waals surface area contributed by atoms with Gasteiger partial charge in [-0.15, -0.1) is 0 Å². The molecule has 0 radical (unpaired) electrons. The highest BCUT2D eigenvalue weighted by atomic mass is 16.2. The number of benzene rings is 1. The molecule has 1 spiro atoms. The van der Waals surface area contributed by atoms with Crippen molar-refractivity contribution in [3.8, 4) is 0 Å². The number of carbonyl (C=O) groups excluding carboxylic acids is 1. The van der Waals surface area contributed by atoms with Crippen LogP contribution in [-0.4, -0.2) is 19.0 Å². The molecule has 2 heterocycles. The zero-order valence-electron chi connectivity index (χ0n) is 9.47. The first kappa shape index (κ1) is 9.85. The van der Waals surface area contributed by atoms with E-state index in [9.17, 15) is 4.79 Å². The summed E-state index contributed by atoms with van der Waals surface area (Å²) in [5.41, 5.74) is 3.25. The summed E-state index contributed by atoms with van der Waals surface area (Å²) in [6.07, 6.45) is 1.99.